The molecule has 0 saturated heterocycles. The Morgan fingerprint density at radius 2 is 1.67 bits per heavy atom. The van der Waals surface area contributed by atoms with Crippen molar-refractivity contribution in [2.24, 2.45) is 0 Å². The van der Waals surface area contributed by atoms with E-state index >= 15 is 0 Å². The number of carbonyl (C=O) groups is 1. The van der Waals surface area contributed by atoms with Gasteiger partial charge in [0.15, 0.2) is 0 Å². The maximum absolute atomic E-state index is 12.2. The molecule has 0 unspecified atom stereocenters. The van der Waals surface area contributed by atoms with Crippen LogP contribution in [0.3, 0.4) is 0 Å². The van der Waals surface area contributed by atoms with Crippen molar-refractivity contribution < 1.29 is 18.3 Å². The van der Waals surface area contributed by atoms with Crippen LogP contribution in [0.25, 0.3) is 0 Å². The molecule has 0 heterocycles. The summed E-state index contributed by atoms with van der Waals surface area (Å²) in [5.74, 6) is -1.35. The fourth-order valence-electron chi connectivity index (χ4n) is 1.58. The molecule has 2 rings (SSSR count). The van der Waals surface area contributed by atoms with Crippen molar-refractivity contribution in [2.45, 2.75) is 4.90 Å². The number of carbonyl (C=O) groups excluding carboxylic acids is 1. The summed E-state index contributed by atoms with van der Waals surface area (Å²) in [6.45, 7) is 0. The zero-order chi connectivity index (χ0) is 15.6. The summed E-state index contributed by atoms with van der Waals surface area (Å²) in [6.07, 6.45) is 0. The first-order chi connectivity index (χ1) is 9.81. The molecule has 0 bridgehead atoms. The number of benzene rings is 2. The molecule has 0 spiro atoms. The molecule has 0 saturated carbocycles. The maximum atomic E-state index is 12.2. The van der Waals surface area contributed by atoms with E-state index in [0.29, 0.717) is 0 Å². The molecule has 5 nitrogen and oxygen atoms in total. The second kappa shape index (κ2) is 5.93. The van der Waals surface area contributed by atoms with Crippen molar-refractivity contribution in [3.8, 4) is 0 Å². The van der Waals surface area contributed by atoms with E-state index in [1.54, 1.807) is 0 Å². The lowest BCUT2D eigenvalue weighted by atomic mass is 10.2. The predicted octanol–water partition coefficient (Wildman–Crippen LogP) is 2.16. The minimum absolute atomic E-state index is 0.0567. The SMILES string of the molecule is O=C([O-])c1ccc(NS(=O)(=O)c2cccc(Cl)c2Cl)cc1. The molecular weight excluding hydrogens is 337 g/mol. The molecule has 21 heavy (non-hydrogen) atoms. The normalized spacial score (nSPS) is 11.1. The number of halogens is 2. The lowest BCUT2D eigenvalue weighted by Gasteiger charge is -2.11. The highest BCUT2D eigenvalue weighted by molar-refractivity contribution is 7.92. The first-order valence-corrected chi connectivity index (χ1v) is 7.83. The largest absolute Gasteiger partial charge is 0.545 e. The quantitative estimate of drug-likeness (QED) is 0.920. The Kier molecular flexibility index (Phi) is 4.41. The van der Waals surface area contributed by atoms with Crippen molar-refractivity contribution in [1.82, 2.24) is 0 Å². The minimum atomic E-state index is -3.93. The smallest absolute Gasteiger partial charge is 0.263 e. The lowest BCUT2D eigenvalue weighted by Crippen LogP contribution is -2.22. The monoisotopic (exact) mass is 344 g/mol. The molecule has 2 aromatic carbocycles. The molecule has 110 valence electrons. The van der Waals surface area contributed by atoms with Crippen LogP contribution >= 0.6 is 23.2 Å². The van der Waals surface area contributed by atoms with E-state index < -0.39 is 16.0 Å². The highest BCUT2D eigenvalue weighted by Crippen LogP contribution is 2.30. The minimum Gasteiger partial charge on any atom is -0.545 e. The number of carboxylic acid groups (broad SMARTS) is 1. The van der Waals surface area contributed by atoms with Gasteiger partial charge in [-0.1, -0.05) is 41.4 Å². The third kappa shape index (κ3) is 3.47. The van der Waals surface area contributed by atoms with E-state index in [0.717, 1.165) is 0 Å². The number of nitrogens with one attached hydrogen (secondary N) is 1. The molecule has 2 aromatic rings. The molecule has 8 heteroatoms. The summed E-state index contributed by atoms with van der Waals surface area (Å²) < 4.78 is 26.7. The van der Waals surface area contributed by atoms with E-state index in [-0.39, 0.29) is 26.2 Å². The lowest BCUT2D eigenvalue weighted by molar-refractivity contribution is -0.255. The predicted molar refractivity (Wildman–Crippen MR) is 78.0 cm³/mol. The number of hydrogen-bond acceptors (Lipinski definition) is 4. The maximum Gasteiger partial charge on any atom is 0.263 e. The van der Waals surface area contributed by atoms with Crippen LogP contribution in [0.1, 0.15) is 10.4 Å². The van der Waals surface area contributed by atoms with E-state index in [1.165, 1.54) is 42.5 Å². The first-order valence-electron chi connectivity index (χ1n) is 5.59. The van der Waals surface area contributed by atoms with Crippen LogP contribution in [0.4, 0.5) is 5.69 Å². The summed E-state index contributed by atoms with van der Waals surface area (Å²) in [6, 6.07) is 9.31. The summed E-state index contributed by atoms with van der Waals surface area (Å²) in [5, 5.41) is 10.7. The van der Waals surface area contributed by atoms with Crippen LogP contribution in [0.15, 0.2) is 47.4 Å². The Morgan fingerprint density at radius 3 is 2.24 bits per heavy atom. The number of anilines is 1. The van der Waals surface area contributed by atoms with Gasteiger partial charge in [-0.05, 0) is 29.8 Å². The van der Waals surface area contributed by atoms with Crippen molar-refractivity contribution in [2.75, 3.05) is 4.72 Å². The fraction of sp³-hybridized carbons (Fsp3) is 0. The average molecular weight is 345 g/mol. The van der Waals surface area contributed by atoms with Crippen molar-refractivity contribution in [3.05, 3.63) is 58.1 Å². The highest BCUT2D eigenvalue weighted by atomic mass is 35.5. The Labute approximate surface area is 131 Å². The van der Waals surface area contributed by atoms with Crippen LogP contribution in [0.5, 0.6) is 0 Å². The Hall–Kier alpha value is -1.76. The van der Waals surface area contributed by atoms with Gasteiger partial charge in [-0.3, -0.25) is 4.72 Å². The molecule has 0 atom stereocenters. The standard InChI is InChI=1S/C13H9Cl2NO4S/c14-10-2-1-3-11(12(10)15)21(19,20)16-9-6-4-8(5-7-9)13(17)18/h1-7,16H,(H,17,18)/p-1. The topological polar surface area (TPSA) is 86.3 Å². The fourth-order valence-corrected chi connectivity index (χ4v) is 3.40. The van der Waals surface area contributed by atoms with Crippen LogP contribution in [-0.2, 0) is 10.0 Å². The van der Waals surface area contributed by atoms with Gasteiger partial charge in [-0.15, -0.1) is 0 Å². The molecule has 0 aromatic heterocycles. The van der Waals surface area contributed by atoms with Gasteiger partial charge in [0.25, 0.3) is 10.0 Å². The van der Waals surface area contributed by atoms with Crippen molar-refractivity contribution in [3.63, 3.8) is 0 Å². The summed E-state index contributed by atoms with van der Waals surface area (Å²) in [5.41, 5.74) is 0.134. The van der Waals surface area contributed by atoms with Gasteiger partial charge in [-0.2, -0.15) is 0 Å². The van der Waals surface area contributed by atoms with Crippen LogP contribution < -0.4 is 9.83 Å². The van der Waals surface area contributed by atoms with Gasteiger partial charge in [-0.25, -0.2) is 8.42 Å². The van der Waals surface area contributed by atoms with E-state index in [1.807, 2.05) is 0 Å². The van der Waals surface area contributed by atoms with E-state index in [2.05, 4.69) is 4.72 Å². The van der Waals surface area contributed by atoms with Crippen molar-refractivity contribution in [1.29, 1.82) is 0 Å². The van der Waals surface area contributed by atoms with Gasteiger partial charge in [0.05, 0.1) is 16.0 Å². The number of rotatable bonds is 4. The van der Waals surface area contributed by atoms with Crippen LogP contribution in [-0.4, -0.2) is 14.4 Å². The third-order valence-electron chi connectivity index (χ3n) is 2.58. The number of sulfonamides is 1. The van der Waals surface area contributed by atoms with Crippen LogP contribution in [0, 0.1) is 0 Å². The van der Waals surface area contributed by atoms with Gasteiger partial charge in [0.2, 0.25) is 0 Å². The molecule has 1 N–H and O–H groups in total. The van der Waals surface area contributed by atoms with Crippen molar-refractivity contribution >= 4 is 44.9 Å². The second-order valence-electron chi connectivity index (χ2n) is 4.02. The van der Waals surface area contributed by atoms with E-state index in [9.17, 15) is 18.3 Å². The van der Waals surface area contributed by atoms with E-state index in [4.69, 9.17) is 23.2 Å². The number of hydrogen-bond donors (Lipinski definition) is 1. The van der Waals surface area contributed by atoms with Gasteiger partial charge in [0, 0.05) is 5.69 Å². The van der Waals surface area contributed by atoms with Crippen LogP contribution in [0.2, 0.25) is 10.0 Å². The highest BCUT2D eigenvalue weighted by Gasteiger charge is 2.19. The molecule has 0 amide bonds. The third-order valence-corrected chi connectivity index (χ3v) is 4.93. The molecule has 0 aliphatic heterocycles. The summed E-state index contributed by atoms with van der Waals surface area (Å²) in [7, 11) is -3.93. The molecule has 0 aliphatic rings. The van der Waals surface area contributed by atoms with Gasteiger partial charge >= 0.3 is 0 Å². The van der Waals surface area contributed by atoms with Gasteiger partial charge in [0.1, 0.15) is 4.90 Å². The number of carboxylic acids is 1. The Balaban J connectivity index is 2.33. The van der Waals surface area contributed by atoms with Gasteiger partial charge < -0.3 is 9.90 Å². The molecule has 0 radical (unpaired) electrons. The average Bonchev–Trinajstić information content (AvgIpc) is 2.41. The zero-order valence-corrected chi connectivity index (χ0v) is 12.7. The molecule has 0 fully saturated rings. The Bertz CT molecular complexity index is 788. The summed E-state index contributed by atoms with van der Waals surface area (Å²) >= 11 is 11.7. The summed E-state index contributed by atoms with van der Waals surface area (Å²) in [4.78, 5) is 10.5. The molecular formula is C13H8Cl2NO4S-. The second-order valence-corrected chi connectivity index (χ2v) is 6.46. The Morgan fingerprint density at radius 1 is 1.05 bits per heavy atom. The number of aromatic carboxylic acids is 1. The first kappa shape index (κ1) is 15.6. The molecule has 0 aliphatic carbocycles. The zero-order valence-electron chi connectivity index (χ0n) is 10.3.